The lowest BCUT2D eigenvalue weighted by Gasteiger charge is -2.07. The van der Waals surface area contributed by atoms with Crippen LogP contribution in [0.15, 0.2) is 88.0 Å². The van der Waals surface area contributed by atoms with Gasteiger partial charge in [-0.2, -0.15) is 5.10 Å². The van der Waals surface area contributed by atoms with E-state index in [0.29, 0.717) is 6.54 Å². The topological polar surface area (TPSA) is 89.1 Å². The van der Waals surface area contributed by atoms with Crippen molar-refractivity contribution in [2.24, 2.45) is 26.7 Å². The van der Waals surface area contributed by atoms with Gasteiger partial charge in [-0.15, -0.1) is 5.10 Å². The third kappa shape index (κ3) is 5.55. The number of rotatable bonds is 6. The molecule has 0 heterocycles. The third-order valence-electron chi connectivity index (χ3n) is 4.70. The summed E-state index contributed by atoms with van der Waals surface area (Å²) in [6.07, 6.45) is 0. The van der Waals surface area contributed by atoms with Crippen LogP contribution in [-0.2, 0) is 6.54 Å². The van der Waals surface area contributed by atoms with E-state index in [0.717, 1.165) is 44.3 Å². The molecular weight excluding hydrogens is 394 g/mol. The summed E-state index contributed by atoms with van der Waals surface area (Å²) in [6, 6.07) is 24.2. The molecule has 4 N–H and O–H groups in total. The number of guanidine groups is 1. The molecule has 0 fully saturated rings. The predicted molar refractivity (Wildman–Crippen MR) is 127 cm³/mol. The van der Waals surface area contributed by atoms with Gasteiger partial charge in [0, 0.05) is 10.7 Å². The molecule has 0 saturated heterocycles. The molecule has 0 aliphatic rings. The van der Waals surface area contributed by atoms with Crippen LogP contribution in [-0.4, -0.2) is 17.4 Å². The Morgan fingerprint density at radius 1 is 0.733 bits per heavy atom. The smallest absolute Gasteiger partial charge is 0.211 e. The minimum absolute atomic E-state index is 0.0586. The number of hydrogen-bond donors (Lipinski definition) is 2. The van der Waals surface area contributed by atoms with Crippen LogP contribution in [0.2, 0.25) is 5.02 Å². The molecule has 0 aromatic heterocycles. The van der Waals surface area contributed by atoms with E-state index in [2.05, 4.69) is 51.6 Å². The van der Waals surface area contributed by atoms with Gasteiger partial charge in [-0.25, -0.2) is 0 Å². The van der Waals surface area contributed by atoms with Crippen molar-refractivity contribution in [3.8, 4) is 11.1 Å². The fourth-order valence-corrected chi connectivity index (χ4v) is 3.12. The average molecular weight is 418 g/mol. The number of hydrogen-bond acceptors (Lipinski definition) is 3. The van der Waals surface area contributed by atoms with Crippen LogP contribution in [0.1, 0.15) is 30.5 Å². The molecule has 0 atom stereocenters. The van der Waals surface area contributed by atoms with Gasteiger partial charge in [0.05, 0.1) is 12.3 Å². The number of nitrogens with zero attached hydrogens (tertiary/aromatic N) is 3. The number of halogens is 1. The maximum absolute atomic E-state index is 6.21. The third-order valence-corrected chi connectivity index (χ3v) is 5.07. The van der Waals surface area contributed by atoms with Gasteiger partial charge in [0.25, 0.3) is 0 Å². The second-order valence-electron chi connectivity index (χ2n) is 6.86. The highest BCUT2D eigenvalue weighted by Crippen LogP contribution is 2.21. The van der Waals surface area contributed by atoms with Crippen molar-refractivity contribution in [3.63, 3.8) is 0 Å². The molecule has 0 spiro atoms. The lowest BCUT2D eigenvalue weighted by molar-refractivity contribution is 1.06. The van der Waals surface area contributed by atoms with Gasteiger partial charge in [-0.1, -0.05) is 78.3 Å². The predicted octanol–water partition coefficient (Wildman–Crippen LogP) is 5.01. The average Bonchev–Trinajstić information content (AvgIpc) is 2.77. The van der Waals surface area contributed by atoms with Crippen LogP contribution in [0.5, 0.6) is 0 Å². The highest BCUT2D eigenvalue weighted by Gasteiger charge is 2.03. The van der Waals surface area contributed by atoms with Crippen molar-refractivity contribution in [1.29, 1.82) is 0 Å². The molecule has 5 nitrogen and oxygen atoms in total. The quantitative estimate of drug-likeness (QED) is 0.335. The van der Waals surface area contributed by atoms with Crippen molar-refractivity contribution in [1.82, 2.24) is 0 Å². The first kappa shape index (κ1) is 21.3. The van der Waals surface area contributed by atoms with Crippen LogP contribution in [0, 0.1) is 0 Å². The lowest BCUT2D eigenvalue weighted by atomic mass is 10.0. The molecule has 0 aliphatic carbocycles. The zero-order chi connectivity index (χ0) is 21.5. The largest absolute Gasteiger partial charge is 0.369 e. The summed E-state index contributed by atoms with van der Waals surface area (Å²) in [7, 11) is 0. The first-order valence-electron chi connectivity index (χ1n) is 9.53. The summed E-state index contributed by atoms with van der Waals surface area (Å²) in [5, 5.41) is 8.44. The Bertz CT molecular complexity index is 1090. The number of nitrogens with two attached hydrogens (primary N) is 2. The van der Waals surface area contributed by atoms with E-state index in [1.807, 2.05) is 50.2 Å². The Hall–Kier alpha value is -3.44. The Balaban J connectivity index is 1.72. The first-order chi connectivity index (χ1) is 14.4. The van der Waals surface area contributed by atoms with E-state index in [4.69, 9.17) is 23.1 Å². The van der Waals surface area contributed by atoms with Crippen LogP contribution < -0.4 is 11.5 Å². The van der Waals surface area contributed by atoms with E-state index in [9.17, 15) is 0 Å². The van der Waals surface area contributed by atoms with Gasteiger partial charge in [-0.3, -0.25) is 4.99 Å². The van der Waals surface area contributed by atoms with E-state index in [-0.39, 0.29) is 5.96 Å². The summed E-state index contributed by atoms with van der Waals surface area (Å²) in [4.78, 5) is 4.68. The molecule has 3 aromatic rings. The summed E-state index contributed by atoms with van der Waals surface area (Å²) >= 11 is 6.21. The highest BCUT2D eigenvalue weighted by atomic mass is 35.5. The zero-order valence-electron chi connectivity index (χ0n) is 17.0. The van der Waals surface area contributed by atoms with E-state index in [1.165, 1.54) is 0 Å². The summed E-state index contributed by atoms with van der Waals surface area (Å²) in [5.74, 6) is -0.0586. The van der Waals surface area contributed by atoms with Gasteiger partial charge in [0.15, 0.2) is 0 Å². The molecule has 3 rings (SSSR count). The molecule has 0 aliphatic heterocycles. The van der Waals surface area contributed by atoms with Crippen LogP contribution in [0.25, 0.3) is 11.1 Å². The van der Waals surface area contributed by atoms with Gasteiger partial charge < -0.3 is 11.5 Å². The summed E-state index contributed by atoms with van der Waals surface area (Å²) < 4.78 is 0. The van der Waals surface area contributed by atoms with Crippen LogP contribution in [0.3, 0.4) is 0 Å². The second kappa shape index (κ2) is 9.85. The molecule has 152 valence electrons. The minimum Gasteiger partial charge on any atom is -0.369 e. The highest BCUT2D eigenvalue weighted by molar-refractivity contribution is 6.31. The van der Waals surface area contributed by atoms with Crippen molar-refractivity contribution < 1.29 is 0 Å². The second-order valence-corrected chi connectivity index (χ2v) is 7.27. The lowest BCUT2D eigenvalue weighted by Crippen LogP contribution is -2.22. The Kier molecular flexibility index (Phi) is 6.99. The van der Waals surface area contributed by atoms with Gasteiger partial charge in [0.1, 0.15) is 0 Å². The summed E-state index contributed by atoms with van der Waals surface area (Å²) in [6.45, 7) is 4.44. The van der Waals surface area contributed by atoms with Crippen molar-refractivity contribution in [2.75, 3.05) is 0 Å². The molecule has 3 aromatic carbocycles. The normalized spacial score (nSPS) is 12.0. The molecule has 6 heteroatoms. The van der Waals surface area contributed by atoms with E-state index >= 15 is 0 Å². The SMILES string of the molecule is CC(=NCc1ccccc1Cl)c1ccc(-c2ccc(/C(C)=N/N=C(N)N)cc2)cc1. The Morgan fingerprint density at radius 3 is 1.80 bits per heavy atom. The monoisotopic (exact) mass is 417 g/mol. The van der Waals surface area contributed by atoms with E-state index in [1.54, 1.807) is 0 Å². The van der Waals surface area contributed by atoms with Crippen LogP contribution in [0.4, 0.5) is 0 Å². The Labute approximate surface area is 181 Å². The number of benzene rings is 3. The molecule has 0 unspecified atom stereocenters. The van der Waals surface area contributed by atoms with Crippen molar-refractivity contribution in [3.05, 3.63) is 94.5 Å². The fourth-order valence-electron chi connectivity index (χ4n) is 2.92. The molecule has 0 radical (unpaired) electrons. The Morgan fingerprint density at radius 2 is 1.27 bits per heavy atom. The summed E-state index contributed by atoms with van der Waals surface area (Å²) in [5.41, 5.74) is 17.7. The van der Waals surface area contributed by atoms with Gasteiger partial charge in [-0.05, 0) is 47.7 Å². The first-order valence-corrected chi connectivity index (χ1v) is 9.90. The molecule has 0 saturated carbocycles. The van der Waals surface area contributed by atoms with Gasteiger partial charge >= 0.3 is 0 Å². The molecular formula is C24H24ClN5. The van der Waals surface area contributed by atoms with Crippen LogP contribution >= 0.6 is 11.6 Å². The van der Waals surface area contributed by atoms with Crippen molar-refractivity contribution >= 4 is 29.0 Å². The van der Waals surface area contributed by atoms with Gasteiger partial charge in [0.2, 0.25) is 5.96 Å². The maximum Gasteiger partial charge on any atom is 0.211 e. The maximum atomic E-state index is 6.21. The molecule has 0 bridgehead atoms. The minimum atomic E-state index is -0.0586. The number of aliphatic imine (C=N–C) groups is 1. The van der Waals surface area contributed by atoms with Crippen molar-refractivity contribution in [2.45, 2.75) is 20.4 Å². The fraction of sp³-hybridized carbons (Fsp3) is 0.125. The molecule has 0 amide bonds. The standard InChI is InChI=1S/C24H24ClN5/c1-16(28-15-22-5-3-4-6-23(22)25)18-7-11-20(12-8-18)21-13-9-19(10-14-21)17(2)29-30-24(26)27/h3-14H,15H2,1-2H3,(H4,26,27,30)/b28-16?,29-17+. The zero-order valence-corrected chi connectivity index (χ0v) is 17.8. The molecule has 30 heavy (non-hydrogen) atoms. The van der Waals surface area contributed by atoms with E-state index < -0.39 is 0 Å².